The standard InChI is InChI=1S/C33H21N/c34-22-26-15-7-8-16-27(26)25-19-20-30-31(21-25)33(24-13-5-2-6-14-24)29-18-10-9-17-28(29)32(30)23-11-3-1-4-12-23/h1-21H. The van der Waals surface area contributed by atoms with Crippen molar-refractivity contribution >= 4 is 21.5 Å². The third kappa shape index (κ3) is 3.25. The largest absolute Gasteiger partial charge is 0.192 e. The van der Waals surface area contributed by atoms with Gasteiger partial charge < -0.3 is 0 Å². The van der Waals surface area contributed by atoms with Crippen molar-refractivity contribution in [1.82, 2.24) is 0 Å². The molecular weight excluding hydrogens is 410 g/mol. The van der Waals surface area contributed by atoms with Gasteiger partial charge in [-0.2, -0.15) is 5.26 Å². The van der Waals surface area contributed by atoms with Crippen LogP contribution in [0.4, 0.5) is 0 Å². The summed E-state index contributed by atoms with van der Waals surface area (Å²) in [5.74, 6) is 0. The number of hydrogen-bond donors (Lipinski definition) is 0. The molecule has 0 fully saturated rings. The van der Waals surface area contributed by atoms with Crippen LogP contribution >= 0.6 is 0 Å². The van der Waals surface area contributed by atoms with Crippen molar-refractivity contribution in [1.29, 1.82) is 5.26 Å². The minimum absolute atomic E-state index is 0.687. The molecule has 0 bridgehead atoms. The first-order chi connectivity index (χ1) is 16.8. The Morgan fingerprint density at radius 3 is 1.53 bits per heavy atom. The van der Waals surface area contributed by atoms with Crippen molar-refractivity contribution in [2.75, 3.05) is 0 Å². The topological polar surface area (TPSA) is 23.8 Å². The minimum atomic E-state index is 0.687. The smallest absolute Gasteiger partial charge is 0.0998 e. The van der Waals surface area contributed by atoms with Gasteiger partial charge >= 0.3 is 0 Å². The van der Waals surface area contributed by atoms with Gasteiger partial charge in [-0.3, -0.25) is 0 Å². The molecule has 0 heterocycles. The summed E-state index contributed by atoms with van der Waals surface area (Å²) in [5.41, 5.74) is 7.55. The molecule has 0 unspecified atom stereocenters. The monoisotopic (exact) mass is 431 g/mol. The summed E-state index contributed by atoms with van der Waals surface area (Å²) >= 11 is 0. The molecule has 6 rings (SSSR count). The maximum absolute atomic E-state index is 9.71. The van der Waals surface area contributed by atoms with E-state index in [0.29, 0.717) is 5.56 Å². The summed E-state index contributed by atoms with van der Waals surface area (Å²) in [6.07, 6.45) is 0. The molecule has 1 heteroatoms. The third-order valence-corrected chi connectivity index (χ3v) is 6.51. The molecule has 0 spiro atoms. The zero-order valence-electron chi connectivity index (χ0n) is 18.6. The fraction of sp³-hybridized carbons (Fsp3) is 0. The highest BCUT2D eigenvalue weighted by molar-refractivity contribution is 6.21. The number of benzene rings is 6. The van der Waals surface area contributed by atoms with Gasteiger partial charge in [-0.1, -0.05) is 115 Å². The Bertz CT molecular complexity index is 1690. The van der Waals surface area contributed by atoms with Gasteiger partial charge in [-0.05, 0) is 67.1 Å². The Hall–Kier alpha value is -4.67. The lowest BCUT2D eigenvalue weighted by molar-refractivity contribution is 1.48. The molecule has 0 saturated heterocycles. The molecule has 0 atom stereocenters. The SMILES string of the molecule is N#Cc1ccccc1-c1ccc2c(-c3ccccc3)c3ccccc3c(-c3ccccc3)c2c1. The number of rotatable bonds is 3. The van der Waals surface area contributed by atoms with E-state index in [1.807, 2.05) is 24.3 Å². The normalized spacial score (nSPS) is 10.9. The second-order valence-corrected chi connectivity index (χ2v) is 8.45. The summed E-state index contributed by atoms with van der Waals surface area (Å²) in [6.45, 7) is 0. The van der Waals surface area contributed by atoms with Gasteiger partial charge in [0.05, 0.1) is 11.6 Å². The van der Waals surface area contributed by atoms with E-state index in [4.69, 9.17) is 0 Å². The first-order valence-corrected chi connectivity index (χ1v) is 11.4. The van der Waals surface area contributed by atoms with Crippen molar-refractivity contribution in [3.63, 3.8) is 0 Å². The van der Waals surface area contributed by atoms with Crippen LogP contribution in [0.5, 0.6) is 0 Å². The van der Waals surface area contributed by atoms with Crippen molar-refractivity contribution in [2.45, 2.75) is 0 Å². The van der Waals surface area contributed by atoms with Crippen LogP contribution in [0.3, 0.4) is 0 Å². The molecule has 0 saturated carbocycles. The van der Waals surface area contributed by atoms with Crippen LogP contribution in [0, 0.1) is 11.3 Å². The number of hydrogen-bond acceptors (Lipinski definition) is 1. The average Bonchev–Trinajstić information content (AvgIpc) is 2.92. The van der Waals surface area contributed by atoms with Gasteiger partial charge in [-0.15, -0.1) is 0 Å². The third-order valence-electron chi connectivity index (χ3n) is 6.51. The van der Waals surface area contributed by atoms with E-state index in [9.17, 15) is 5.26 Å². The van der Waals surface area contributed by atoms with E-state index in [2.05, 4.69) is 109 Å². The molecule has 0 aliphatic heterocycles. The number of nitriles is 1. The van der Waals surface area contributed by atoms with Crippen LogP contribution in [0.15, 0.2) is 127 Å². The molecule has 6 aromatic rings. The van der Waals surface area contributed by atoms with E-state index in [1.165, 1.54) is 43.8 Å². The Balaban J connectivity index is 1.80. The number of fused-ring (bicyclic) bond motifs is 2. The van der Waals surface area contributed by atoms with Crippen LogP contribution in [-0.2, 0) is 0 Å². The first kappa shape index (κ1) is 20.0. The van der Waals surface area contributed by atoms with E-state index in [-0.39, 0.29) is 0 Å². The Labute approximate surface area is 199 Å². The lowest BCUT2D eigenvalue weighted by Crippen LogP contribution is -1.92. The predicted octanol–water partition coefficient (Wildman–Crippen LogP) is 8.87. The molecule has 0 N–H and O–H groups in total. The molecule has 0 aromatic heterocycles. The number of nitrogens with zero attached hydrogens (tertiary/aromatic N) is 1. The molecule has 6 aromatic carbocycles. The highest BCUT2D eigenvalue weighted by atomic mass is 14.3. The lowest BCUT2D eigenvalue weighted by atomic mass is 9.84. The Morgan fingerprint density at radius 2 is 0.912 bits per heavy atom. The fourth-order valence-corrected chi connectivity index (χ4v) is 5.01. The van der Waals surface area contributed by atoms with E-state index in [0.717, 1.165) is 11.1 Å². The van der Waals surface area contributed by atoms with E-state index in [1.54, 1.807) is 0 Å². The van der Waals surface area contributed by atoms with E-state index < -0.39 is 0 Å². The minimum Gasteiger partial charge on any atom is -0.192 e. The Kier molecular flexibility index (Phi) is 4.91. The van der Waals surface area contributed by atoms with Gasteiger partial charge in [0, 0.05) is 0 Å². The van der Waals surface area contributed by atoms with Gasteiger partial charge in [0.15, 0.2) is 0 Å². The Morgan fingerprint density at radius 1 is 0.412 bits per heavy atom. The second kappa shape index (κ2) is 8.35. The van der Waals surface area contributed by atoms with Crippen molar-refractivity contribution in [3.05, 3.63) is 133 Å². The van der Waals surface area contributed by atoms with Crippen LogP contribution in [0.1, 0.15) is 5.56 Å². The molecule has 1 nitrogen and oxygen atoms in total. The van der Waals surface area contributed by atoms with Crippen LogP contribution in [-0.4, -0.2) is 0 Å². The quantitative estimate of drug-likeness (QED) is 0.257. The first-order valence-electron chi connectivity index (χ1n) is 11.4. The lowest BCUT2D eigenvalue weighted by Gasteiger charge is -2.19. The summed E-state index contributed by atoms with van der Waals surface area (Å²) in [5, 5.41) is 14.6. The highest BCUT2D eigenvalue weighted by Gasteiger charge is 2.17. The molecular formula is C33H21N. The van der Waals surface area contributed by atoms with Crippen molar-refractivity contribution in [2.24, 2.45) is 0 Å². The predicted molar refractivity (Wildman–Crippen MR) is 142 cm³/mol. The van der Waals surface area contributed by atoms with Crippen LogP contribution in [0.25, 0.3) is 54.9 Å². The van der Waals surface area contributed by atoms with Crippen LogP contribution < -0.4 is 0 Å². The molecule has 158 valence electrons. The second-order valence-electron chi connectivity index (χ2n) is 8.45. The molecule has 0 radical (unpaired) electrons. The molecule has 0 aliphatic carbocycles. The summed E-state index contributed by atoms with van der Waals surface area (Å²) in [7, 11) is 0. The zero-order valence-corrected chi connectivity index (χ0v) is 18.6. The highest BCUT2D eigenvalue weighted by Crippen LogP contribution is 2.44. The fourth-order valence-electron chi connectivity index (χ4n) is 5.01. The summed E-state index contributed by atoms with van der Waals surface area (Å²) in [6, 6.07) is 46.7. The maximum atomic E-state index is 9.71. The van der Waals surface area contributed by atoms with Crippen molar-refractivity contribution < 1.29 is 0 Å². The maximum Gasteiger partial charge on any atom is 0.0998 e. The average molecular weight is 432 g/mol. The van der Waals surface area contributed by atoms with Gasteiger partial charge in [0.2, 0.25) is 0 Å². The molecule has 0 aliphatic rings. The van der Waals surface area contributed by atoms with Gasteiger partial charge in [0.25, 0.3) is 0 Å². The summed E-state index contributed by atoms with van der Waals surface area (Å²) < 4.78 is 0. The van der Waals surface area contributed by atoms with E-state index >= 15 is 0 Å². The summed E-state index contributed by atoms with van der Waals surface area (Å²) in [4.78, 5) is 0. The van der Waals surface area contributed by atoms with Gasteiger partial charge in [0.1, 0.15) is 0 Å². The molecule has 34 heavy (non-hydrogen) atoms. The molecule has 0 amide bonds. The van der Waals surface area contributed by atoms with Gasteiger partial charge in [-0.25, -0.2) is 0 Å². The van der Waals surface area contributed by atoms with Crippen LogP contribution in [0.2, 0.25) is 0 Å². The van der Waals surface area contributed by atoms with Crippen molar-refractivity contribution in [3.8, 4) is 39.4 Å². The zero-order chi connectivity index (χ0) is 22.9.